The standard InChI is InChI=1S/C18H16Cl2N4O/c1-2-3-16-17(18(25)21-14-8-4-12(19)5-9-14)22-23-24(16)15-10-6-13(20)7-11-15/h4-11H,2-3H2,1H3,(H,21,25). The fourth-order valence-corrected chi connectivity index (χ4v) is 2.70. The topological polar surface area (TPSA) is 59.8 Å². The molecule has 0 saturated carbocycles. The van der Waals surface area contributed by atoms with Crippen LogP contribution in [0.3, 0.4) is 0 Å². The Morgan fingerprint density at radius 3 is 2.24 bits per heavy atom. The van der Waals surface area contributed by atoms with E-state index in [0.29, 0.717) is 27.8 Å². The number of carbonyl (C=O) groups is 1. The summed E-state index contributed by atoms with van der Waals surface area (Å²) in [5.74, 6) is -0.300. The number of amides is 1. The van der Waals surface area contributed by atoms with E-state index in [1.807, 2.05) is 19.1 Å². The number of aromatic nitrogens is 3. The molecule has 0 aliphatic heterocycles. The summed E-state index contributed by atoms with van der Waals surface area (Å²) in [5.41, 5.74) is 2.53. The molecule has 0 spiro atoms. The first kappa shape index (κ1) is 17.5. The van der Waals surface area contributed by atoms with Crippen LogP contribution in [-0.4, -0.2) is 20.9 Å². The third-order valence-corrected chi connectivity index (χ3v) is 4.14. The Kier molecular flexibility index (Phi) is 5.36. The Bertz CT molecular complexity index is 873. The van der Waals surface area contributed by atoms with Gasteiger partial charge in [0.2, 0.25) is 0 Å². The molecule has 25 heavy (non-hydrogen) atoms. The summed E-state index contributed by atoms with van der Waals surface area (Å²) < 4.78 is 1.68. The summed E-state index contributed by atoms with van der Waals surface area (Å²) >= 11 is 11.8. The van der Waals surface area contributed by atoms with Crippen molar-refractivity contribution >= 4 is 34.8 Å². The molecule has 0 atom stereocenters. The van der Waals surface area contributed by atoms with Crippen molar-refractivity contribution in [2.24, 2.45) is 0 Å². The monoisotopic (exact) mass is 374 g/mol. The summed E-state index contributed by atoms with van der Waals surface area (Å²) in [6.45, 7) is 2.04. The maximum atomic E-state index is 12.6. The largest absolute Gasteiger partial charge is 0.321 e. The maximum absolute atomic E-state index is 12.6. The minimum absolute atomic E-state index is 0.300. The summed E-state index contributed by atoms with van der Waals surface area (Å²) in [4.78, 5) is 12.6. The van der Waals surface area contributed by atoms with Crippen LogP contribution in [0.5, 0.6) is 0 Å². The van der Waals surface area contributed by atoms with Crippen molar-refractivity contribution in [3.8, 4) is 5.69 Å². The van der Waals surface area contributed by atoms with Gasteiger partial charge in [-0.2, -0.15) is 0 Å². The van der Waals surface area contributed by atoms with Crippen LogP contribution < -0.4 is 5.32 Å². The lowest BCUT2D eigenvalue weighted by molar-refractivity contribution is 0.102. The van der Waals surface area contributed by atoms with Gasteiger partial charge in [0, 0.05) is 15.7 Å². The number of rotatable bonds is 5. The van der Waals surface area contributed by atoms with Crippen molar-refractivity contribution in [1.29, 1.82) is 0 Å². The van der Waals surface area contributed by atoms with Crippen molar-refractivity contribution in [2.45, 2.75) is 19.8 Å². The Hall–Kier alpha value is -2.37. The number of hydrogen-bond acceptors (Lipinski definition) is 3. The zero-order valence-electron chi connectivity index (χ0n) is 13.5. The normalized spacial score (nSPS) is 10.7. The molecule has 3 aromatic rings. The number of carbonyl (C=O) groups excluding carboxylic acids is 1. The molecule has 128 valence electrons. The predicted octanol–water partition coefficient (Wildman–Crippen LogP) is 4.78. The van der Waals surface area contributed by atoms with Crippen LogP contribution in [-0.2, 0) is 6.42 Å². The smallest absolute Gasteiger partial charge is 0.278 e. The lowest BCUT2D eigenvalue weighted by Gasteiger charge is -2.08. The van der Waals surface area contributed by atoms with Gasteiger partial charge in [0.15, 0.2) is 5.69 Å². The average molecular weight is 375 g/mol. The first-order valence-corrected chi connectivity index (χ1v) is 8.61. The van der Waals surface area contributed by atoms with E-state index < -0.39 is 0 Å². The zero-order valence-corrected chi connectivity index (χ0v) is 15.1. The van der Waals surface area contributed by atoms with Gasteiger partial charge >= 0.3 is 0 Å². The molecule has 0 fully saturated rings. The average Bonchev–Trinajstić information content (AvgIpc) is 3.02. The molecule has 0 saturated heterocycles. The van der Waals surface area contributed by atoms with E-state index in [0.717, 1.165) is 17.8 Å². The Balaban J connectivity index is 1.91. The van der Waals surface area contributed by atoms with Gasteiger partial charge in [-0.25, -0.2) is 4.68 Å². The molecule has 1 aromatic heterocycles. The molecule has 1 heterocycles. The molecule has 0 bridgehead atoms. The van der Waals surface area contributed by atoms with Crippen molar-refractivity contribution in [2.75, 3.05) is 5.32 Å². The molecule has 2 aromatic carbocycles. The summed E-state index contributed by atoms with van der Waals surface area (Å²) in [6.07, 6.45) is 1.54. The molecule has 0 radical (unpaired) electrons. The quantitative estimate of drug-likeness (QED) is 0.698. The van der Waals surface area contributed by atoms with E-state index in [2.05, 4.69) is 15.6 Å². The molecular weight excluding hydrogens is 359 g/mol. The van der Waals surface area contributed by atoms with Gasteiger partial charge in [0.05, 0.1) is 11.4 Å². The van der Waals surface area contributed by atoms with E-state index in [1.54, 1.807) is 41.1 Å². The van der Waals surface area contributed by atoms with Crippen molar-refractivity contribution in [1.82, 2.24) is 15.0 Å². The highest BCUT2D eigenvalue weighted by Gasteiger charge is 2.20. The highest BCUT2D eigenvalue weighted by molar-refractivity contribution is 6.30. The van der Waals surface area contributed by atoms with Crippen LogP contribution in [0.4, 0.5) is 5.69 Å². The molecule has 5 nitrogen and oxygen atoms in total. The number of nitrogens with zero attached hydrogens (tertiary/aromatic N) is 3. The fraction of sp³-hybridized carbons (Fsp3) is 0.167. The number of anilines is 1. The van der Waals surface area contributed by atoms with Gasteiger partial charge in [-0.15, -0.1) is 5.10 Å². The molecule has 1 N–H and O–H groups in total. The van der Waals surface area contributed by atoms with E-state index >= 15 is 0 Å². The first-order chi connectivity index (χ1) is 12.1. The highest BCUT2D eigenvalue weighted by atomic mass is 35.5. The van der Waals surface area contributed by atoms with Crippen LogP contribution >= 0.6 is 23.2 Å². The Labute approximate surface area is 155 Å². The fourth-order valence-electron chi connectivity index (χ4n) is 2.45. The van der Waals surface area contributed by atoms with Crippen LogP contribution in [0, 0.1) is 0 Å². The van der Waals surface area contributed by atoms with Crippen molar-refractivity contribution < 1.29 is 4.79 Å². The van der Waals surface area contributed by atoms with Crippen molar-refractivity contribution in [3.63, 3.8) is 0 Å². The zero-order chi connectivity index (χ0) is 17.8. The van der Waals surface area contributed by atoms with E-state index in [-0.39, 0.29) is 5.91 Å². The SMILES string of the molecule is CCCc1c(C(=O)Nc2ccc(Cl)cc2)nnn1-c1ccc(Cl)cc1. The predicted molar refractivity (Wildman–Crippen MR) is 99.8 cm³/mol. The van der Waals surface area contributed by atoms with Crippen LogP contribution in [0.2, 0.25) is 10.0 Å². The molecule has 3 rings (SSSR count). The van der Waals surface area contributed by atoms with Crippen molar-refractivity contribution in [3.05, 3.63) is 70.0 Å². The van der Waals surface area contributed by atoms with E-state index in [9.17, 15) is 4.79 Å². The second-order valence-electron chi connectivity index (χ2n) is 5.48. The van der Waals surface area contributed by atoms with Gasteiger partial charge in [0.25, 0.3) is 5.91 Å². The highest BCUT2D eigenvalue weighted by Crippen LogP contribution is 2.19. The third kappa shape index (κ3) is 4.00. The minimum atomic E-state index is -0.300. The maximum Gasteiger partial charge on any atom is 0.278 e. The second-order valence-corrected chi connectivity index (χ2v) is 6.36. The Morgan fingerprint density at radius 2 is 1.64 bits per heavy atom. The number of benzene rings is 2. The van der Waals surface area contributed by atoms with Gasteiger partial charge in [-0.1, -0.05) is 41.8 Å². The third-order valence-electron chi connectivity index (χ3n) is 3.64. The number of nitrogens with one attached hydrogen (secondary N) is 1. The van der Waals surface area contributed by atoms with Gasteiger partial charge in [-0.3, -0.25) is 4.79 Å². The first-order valence-electron chi connectivity index (χ1n) is 7.86. The summed E-state index contributed by atoms with van der Waals surface area (Å²) in [6, 6.07) is 14.2. The molecule has 0 aliphatic carbocycles. The van der Waals surface area contributed by atoms with Crippen LogP contribution in [0.15, 0.2) is 48.5 Å². The molecular formula is C18H16Cl2N4O. The molecule has 7 heteroatoms. The summed E-state index contributed by atoms with van der Waals surface area (Å²) in [5, 5.41) is 12.3. The molecule has 1 amide bonds. The van der Waals surface area contributed by atoms with E-state index in [4.69, 9.17) is 23.2 Å². The van der Waals surface area contributed by atoms with E-state index in [1.165, 1.54) is 0 Å². The number of halogens is 2. The van der Waals surface area contributed by atoms with Crippen LogP contribution in [0.25, 0.3) is 5.69 Å². The number of hydrogen-bond donors (Lipinski definition) is 1. The van der Waals surface area contributed by atoms with Gasteiger partial charge in [0.1, 0.15) is 0 Å². The lowest BCUT2D eigenvalue weighted by atomic mass is 10.2. The molecule has 0 unspecified atom stereocenters. The second kappa shape index (κ2) is 7.68. The van der Waals surface area contributed by atoms with Crippen LogP contribution in [0.1, 0.15) is 29.5 Å². The minimum Gasteiger partial charge on any atom is -0.321 e. The summed E-state index contributed by atoms with van der Waals surface area (Å²) in [7, 11) is 0. The lowest BCUT2D eigenvalue weighted by Crippen LogP contribution is -2.15. The molecule has 0 aliphatic rings. The Morgan fingerprint density at radius 1 is 1.04 bits per heavy atom. The van der Waals surface area contributed by atoms with Gasteiger partial charge in [-0.05, 0) is 55.0 Å². The van der Waals surface area contributed by atoms with Gasteiger partial charge < -0.3 is 5.32 Å².